The Labute approximate surface area is 165 Å². The molecule has 1 amide bonds. The van der Waals surface area contributed by atoms with Crippen LogP contribution < -0.4 is 10.0 Å². The summed E-state index contributed by atoms with van der Waals surface area (Å²) in [4.78, 5) is 23.7. The van der Waals surface area contributed by atoms with Crippen LogP contribution in [0.1, 0.15) is 36.2 Å². The predicted octanol–water partition coefficient (Wildman–Crippen LogP) is 2.87. The molecule has 150 valence electrons. The van der Waals surface area contributed by atoms with E-state index in [9.17, 15) is 18.0 Å². The Morgan fingerprint density at radius 1 is 1.04 bits per heavy atom. The highest BCUT2D eigenvalue weighted by molar-refractivity contribution is 7.92. The molecule has 1 unspecified atom stereocenters. The van der Waals surface area contributed by atoms with Gasteiger partial charge in [0, 0.05) is 11.7 Å². The van der Waals surface area contributed by atoms with Crippen LogP contribution in [-0.2, 0) is 19.6 Å². The van der Waals surface area contributed by atoms with Crippen molar-refractivity contribution in [2.75, 3.05) is 11.3 Å². The highest BCUT2D eigenvalue weighted by Gasteiger charge is 2.16. The van der Waals surface area contributed by atoms with Gasteiger partial charge in [-0.25, -0.2) is 13.2 Å². The van der Waals surface area contributed by atoms with Crippen LogP contribution in [0.5, 0.6) is 0 Å². The number of aryl methyl sites for hydroxylation is 1. The molecule has 0 spiro atoms. The molecule has 0 aliphatic carbocycles. The molecule has 0 aliphatic rings. The van der Waals surface area contributed by atoms with Gasteiger partial charge in [-0.1, -0.05) is 24.6 Å². The maximum atomic E-state index is 12.4. The molecule has 0 radical (unpaired) electrons. The van der Waals surface area contributed by atoms with Crippen molar-refractivity contribution in [3.8, 4) is 0 Å². The lowest BCUT2D eigenvalue weighted by atomic mass is 10.2. The van der Waals surface area contributed by atoms with E-state index >= 15 is 0 Å². The number of esters is 1. The first-order valence-corrected chi connectivity index (χ1v) is 10.4. The van der Waals surface area contributed by atoms with E-state index in [1.165, 1.54) is 24.3 Å². The topological polar surface area (TPSA) is 102 Å². The van der Waals surface area contributed by atoms with Gasteiger partial charge in [0.1, 0.15) is 0 Å². The second-order valence-electron chi connectivity index (χ2n) is 6.45. The van der Waals surface area contributed by atoms with Crippen LogP contribution >= 0.6 is 0 Å². The van der Waals surface area contributed by atoms with Crippen molar-refractivity contribution in [1.29, 1.82) is 0 Å². The van der Waals surface area contributed by atoms with E-state index in [1.807, 2.05) is 20.8 Å². The standard InChI is InChI=1S/C20H24N2O5S/c1-4-15(3)21-19(23)13-27-20(24)16-7-11-18(12-8-16)28(25,26)22-17-9-5-14(2)6-10-17/h5-12,15,22H,4,13H2,1-3H3,(H,21,23). The summed E-state index contributed by atoms with van der Waals surface area (Å²) < 4.78 is 32.3. The van der Waals surface area contributed by atoms with Gasteiger partial charge in [-0.2, -0.15) is 0 Å². The van der Waals surface area contributed by atoms with E-state index in [1.54, 1.807) is 24.3 Å². The zero-order chi connectivity index (χ0) is 20.7. The highest BCUT2D eigenvalue weighted by atomic mass is 32.2. The highest BCUT2D eigenvalue weighted by Crippen LogP contribution is 2.17. The molecule has 2 rings (SSSR count). The van der Waals surface area contributed by atoms with Gasteiger partial charge in [-0.15, -0.1) is 0 Å². The third-order valence-corrected chi connectivity index (χ3v) is 5.46. The van der Waals surface area contributed by atoms with Gasteiger partial charge in [0.2, 0.25) is 0 Å². The van der Waals surface area contributed by atoms with Crippen molar-refractivity contribution in [3.05, 3.63) is 59.7 Å². The maximum Gasteiger partial charge on any atom is 0.338 e. The molecule has 0 fully saturated rings. The maximum absolute atomic E-state index is 12.4. The average molecular weight is 404 g/mol. The summed E-state index contributed by atoms with van der Waals surface area (Å²) in [5.74, 6) is -1.08. The summed E-state index contributed by atoms with van der Waals surface area (Å²) in [5.41, 5.74) is 1.62. The quantitative estimate of drug-likeness (QED) is 0.659. The van der Waals surface area contributed by atoms with E-state index in [0.29, 0.717) is 5.69 Å². The minimum Gasteiger partial charge on any atom is -0.452 e. The van der Waals surface area contributed by atoms with E-state index in [4.69, 9.17) is 4.74 Å². The van der Waals surface area contributed by atoms with Gasteiger partial charge in [-0.3, -0.25) is 9.52 Å². The fourth-order valence-electron chi connectivity index (χ4n) is 2.24. The van der Waals surface area contributed by atoms with Gasteiger partial charge in [0.25, 0.3) is 15.9 Å². The van der Waals surface area contributed by atoms with Crippen LogP contribution in [0.4, 0.5) is 5.69 Å². The fourth-order valence-corrected chi connectivity index (χ4v) is 3.30. The summed E-state index contributed by atoms with van der Waals surface area (Å²) >= 11 is 0. The van der Waals surface area contributed by atoms with Gasteiger partial charge >= 0.3 is 5.97 Å². The van der Waals surface area contributed by atoms with Gasteiger partial charge in [-0.05, 0) is 56.7 Å². The number of rotatable bonds is 8. The number of carbonyl (C=O) groups is 2. The number of carbonyl (C=O) groups excluding carboxylic acids is 2. The molecule has 8 heteroatoms. The molecule has 0 saturated heterocycles. The molecule has 28 heavy (non-hydrogen) atoms. The lowest BCUT2D eigenvalue weighted by Crippen LogP contribution is -2.35. The summed E-state index contributed by atoms with van der Waals surface area (Å²) in [7, 11) is -3.78. The summed E-state index contributed by atoms with van der Waals surface area (Å²) in [6.45, 7) is 5.30. The molecule has 2 N–H and O–H groups in total. The first kappa shape index (κ1) is 21.4. The summed E-state index contributed by atoms with van der Waals surface area (Å²) in [6, 6.07) is 12.3. The number of nitrogens with one attached hydrogen (secondary N) is 2. The smallest absolute Gasteiger partial charge is 0.338 e. The summed E-state index contributed by atoms with van der Waals surface area (Å²) in [6.07, 6.45) is 0.770. The van der Waals surface area contributed by atoms with E-state index < -0.39 is 22.6 Å². The number of sulfonamides is 1. The Bertz CT molecular complexity index is 922. The van der Waals surface area contributed by atoms with Crippen LogP contribution in [0.3, 0.4) is 0 Å². The average Bonchev–Trinajstić information content (AvgIpc) is 2.67. The second-order valence-corrected chi connectivity index (χ2v) is 8.13. The van der Waals surface area contributed by atoms with Crippen LogP contribution in [0, 0.1) is 6.92 Å². The van der Waals surface area contributed by atoms with Crippen molar-refractivity contribution in [1.82, 2.24) is 5.32 Å². The van der Waals surface area contributed by atoms with Crippen molar-refractivity contribution >= 4 is 27.6 Å². The second kappa shape index (κ2) is 9.36. The van der Waals surface area contributed by atoms with Gasteiger partial charge in [0.15, 0.2) is 6.61 Å². The van der Waals surface area contributed by atoms with E-state index in [0.717, 1.165) is 12.0 Å². The number of ether oxygens (including phenoxy) is 1. The third kappa shape index (κ3) is 6.09. The molecule has 0 aromatic heterocycles. The van der Waals surface area contributed by atoms with Gasteiger partial charge in [0.05, 0.1) is 10.5 Å². The Morgan fingerprint density at radius 2 is 1.64 bits per heavy atom. The zero-order valence-electron chi connectivity index (χ0n) is 16.1. The molecule has 0 aliphatic heterocycles. The number of benzene rings is 2. The molecular formula is C20H24N2O5S. The molecule has 0 saturated carbocycles. The first-order chi connectivity index (χ1) is 13.2. The lowest BCUT2D eigenvalue weighted by Gasteiger charge is -2.11. The molecule has 0 heterocycles. The Balaban J connectivity index is 1.98. The molecule has 2 aromatic carbocycles. The van der Waals surface area contributed by atoms with Crippen LogP contribution in [0.2, 0.25) is 0 Å². The van der Waals surface area contributed by atoms with Crippen LogP contribution in [0.15, 0.2) is 53.4 Å². The number of anilines is 1. The van der Waals surface area contributed by atoms with E-state index in [-0.39, 0.29) is 22.4 Å². The first-order valence-electron chi connectivity index (χ1n) is 8.87. The van der Waals surface area contributed by atoms with Crippen molar-refractivity contribution in [2.24, 2.45) is 0 Å². The number of hydrogen-bond acceptors (Lipinski definition) is 5. The van der Waals surface area contributed by atoms with Crippen LogP contribution in [0.25, 0.3) is 0 Å². The lowest BCUT2D eigenvalue weighted by molar-refractivity contribution is -0.124. The van der Waals surface area contributed by atoms with Crippen molar-refractivity contribution in [3.63, 3.8) is 0 Å². The molecule has 7 nitrogen and oxygen atoms in total. The monoisotopic (exact) mass is 404 g/mol. The Hall–Kier alpha value is -2.87. The molecular weight excluding hydrogens is 380 g/mol. The van der Waals surface area contributed by atoms with Crippen molar-refractivity contribution in [2.45, 2.75) is 38.1 Å². The largest absolute Gasteiger partial charge is 0.452 e. The minimum atomic E-state index is -3.78. The summed E-state index contributed by atoms with van der Waals surface area (Å²) in [5, 5.41) is 2.69. The van der Waals surface area contributed by atoms with E-state index in [2.05, 4.69) is 10.0 Å². The normalized spacial score (nSPS) is 12.1. The predicted molar refractivity (Wildman–Crippen MR) is 107 cm³/mol. The number of hydrogen-bond donors (Lipinski definition) is 2. The molecule has 0 bridgehead atoms. The SMILES string of the molecule is CCC(C)NC(=O)COC(=O)c1ccc(S(=O)(=O)Nc2ccc(C)cc2)cc1. The van der Waals surface area contributed by atoms with Crippen molar-refractivity contribution < 1.29 is 22.7 Å². The zero-order valence-corrected chi connectivity index (χ0v) is 16.9. The number of amides is 1. The molecule has 1 atom stereocenters. The fraction of sp³-hybridized carbons (Fsp3) is 0.300. The third-order valence-electron chi connectivity index (χ3n) is 4.06. The Morgan fingerprint density at radius 3 is 2.21 bits per heavy atom. The molecule has 2 aromatic rings. The Kier molecular flexibility index (Phi) is 7.17. The minimum absolute atomic E-state index is 0.00304. The van der Waals surface area contributed by atoms with Crippen LogP contribution in [-0.4, -0.2) is 32.9 Å². The van der Waals surface area contributed by atoms with Gasteiger partial charge < -0.3 is 10.1 Å².